The second kappa shape index (κ2) is 8.28. The molecule has 33 heavy (non-hydrogen) atoms. The fourth-order valence-electron chi connectivity index (χ4n) is 4.88. The third-order valence-electron chi connectivity index (χ3n) is 6.41. The van der Waals surface area contributed by atoms with Crippen LogP contribution in [0.1, 0.15) is 15.9 Å². The van der Waals surface area contributed by atoms with Crippen LogP contribution in [-0.2, 0) is 4.74 Å². The first-order valence-electron chi connectivity index (χ1n) is 11.4. The molecule has 0 saturated carbocycles. The summed E-state index contributed by atoms with van der Waals surface area (Å²) in [7, 11) is 0. The Kier molecular flexibility index (Phi) is 5.12. The number of hydrogen-bond donors (Lipinski definition) is 0. The highest BCUT2D eigenvalue weighted by molar-refractivity contribution is 7.22. The van der Waals surface area contributed by atoms with Gasteiger partial charge in [0.15, 0.2) is 5.13 Å². The molecule has 3 heterocycles. The van der Waals surface area contributed by atoms with Gasteiger partial charge in [0.1, 0.15) is 0 Å². The molecule has 2 unspecified atom stereocenters. The monoisotopic (exact) mass is 455 g/mol. The number of nitrogens with zero attached hydrogens (tertiary/aromatic N) is 3. The van der Waals surface area contributed by atoms with Gasteiger partial charge in [-0.1, -0.05) is 71.5 Å². The normalized spacial score (nSPS) is 20.3. The van der Waals surface area contributed by atoms with E-state index in [0.717, 1.165) is 46.0 Å². The first-order chi connectivity index (χ1) is 16.1. The number of anilines is 1. The van der Waals surface area contributed by atoms with Gasteiger partial charge in [-0.2, -0.15) is 0 Å². The Hall–Kier alpha value is -3.22. The second-order valence-electron chi connectivity index (χ2n) is 8.87. The molecule has 2 bridgehead atoms. The number of carbonyl (C=O) groups excluding carboxylic acids is 1. The Balaban J connectivity index is 1.24. The van der Waals surface area contributed by atoms with E-state index in [2.05, 4.69) is 47.4 Å². The van der Waals surface area contributed by atoms with E-state index in [1.54, 1.807) is 11.3 Å². The molecule has 2 aliphatic rings. The van der Waals surface area contributed by atoms with Gasteiger partial charge in [0, 0.05) is 31.7 Å². The molecule has 166 valence electrons. The van der Waals surface area contributed by atoms with Gasteiger partial charge in [0.25, 0.3) is 5.91 Å². The molecule has 2 aliphatic heterocycles. The minimum absolute atomic E-state index is 0.0153. The van der Waals surface area contributed by atoms with Crippen LogP contribution in [0.2, 0.25) is 0 Å². The summed E-state index contributed by atoms with van der Waals surface area (Å²) in [5, 5.41) is 1.04. The number of rotatable bonds is 3. The van der Waals surface area contributed by atoms with E-state index in [1.807, 2.05) is 42.2 Å². The van der Waals surface area contributed by atoms with E-state index in [1.165, 1.54) is 4.70 Å². The molecule has 4 aromatic rings. The van der Waals surface area contributed by atoms with Gasteiger partial charge in [0.05, 0.1) is 22.4 Å². The lowest BCUT2D eigenvalue weighted by molar-refractivity contribution is -0.0845. The molecule has 3 aromatic carbocycles. The SMILES string of the molecule is Cc1ccc(-c2ccccc2)c(C(=O)N2CC3CN(c4nc5ccccc5s4)CC(C2)O3)c1. The summed E-state index contributed by atoms with van der Waals surface area (Å²) in [5.74, 6) is 0.0873. The molecule has 6 rings (SSSR count). The van der Waals surface area contributed by atoms with Gasteiger partial charge in [0.2, 0.25) is 0 Å². The predicted octanol–water partition coefficient (Wildman–Crippen LogP) is 5.00. The third-order valence-corrected chi connectivity index (χ3v) is 7.51. The standard InChI is InChI=1S/C27H25N3O2S/c1-18-11-12-22(19-7-3-2-4-8-19)23(13-18)26(31)29-14-20-16-30(17-21(15-29)32-20)27-28-24-9-5-6-10-25(24)33-27/h2-13,20-21H,14-17H2,1H3. The summed E-state index contributed by atoms with van der Waals surface area (Å²) < 4.78 is 7.45. The topological polar surface area (TPSA) is 45.7 Å². The fourth-order valence-corrected chi connectivity index (χ4v) is 5.87. The van der Waals surface area contributed by atoms with Gasteiger partial charge in [-0.05, 0) is 36.2 Å². The van der Waals surface area contributed by atoms with Crippen molar-refractivity contribution in [2.24, 2.45) is 0 Å². The number of carbonyl (C=O) groups is 1. The third kappa shape index (κ3) is 3.90. The zero-order valence-electron chi connectivity index (χ0n) is 18.5. The quantitative estimate of drug-likeness (QED) is 0.436. The summed E-state index contributed by atoms with van der Waals surface area (Å²) in [6.07, 6.45) is -0.0307. The van der Waals surface area contributed by atoms with Crippen LogP contribution in [0, 0.1) is 6.92 Å². The number of amides is 1. The van der Waals surface area contributed by atoms with Crippen LogP contribution in [0.25, 0.3) is 21.3 Å². The number of fused-ring (bicyclic) bond motifs is 3. The summed E-state index contributed by atoms with van der Waals surface area (Å²) in [6, 6.07) is 24.6. The highest BCUT2D eigenvalue weighted by Gasteiger charge is 2.38. The summed E-state index contributed by atoms with van der Waals surface area (Å²) in [4.78, 5) is 22.8. The molecule has 0 spiro atoms. The van der Waals surface area contributed by atoms with Crippen molar-refractivity contribution >= 4 is 32.6 Å². The largest absolute Gasteiger partial charge is 0.368 e. The number of benzene rings is 3. The van der Waals surface area contributed by atoms with Crippen LogP contribution in [0.5, 0.6) is 0 Å². The molecule has 5 nitrogen and oxygen atoms in total. The zero-order valence-corrected chi connectivity index (χ0v) is 19.3. The van der Waals surface area contributed by atoms with Crippen molar-refractivity contribution in [3.05, 3.63) is 83.9 Å². The number of hydrogen-bond acceptors (Lipinski definition) is 5. The summed E-state index contributed by atoms with van der Waals surface area (Å²) >= 11 is 1.73. The molecule has 1 amide bonds. The lowest BCUT2D eigenvalue weighted by atomic mass is 9.96. The number of ether oxygens (including phenoxy) is 1. The number of aryl methyl sites for hydroxylation is 1. The number of aromatic nitrogens is 1. The van der Waals surface area contributed by atoms with E-state index >= 15 is 0 Å². The minimum Gasteiger partial charge on any atom is -0.368 e. The Bertz CT molecular complexity index is 1270. The van der Waals surface area contributed by atoms with Crippen molar-refractivity contribution in [2.45, 2.75) is 19.1 Å². The van der Waals surface area contributed by atoms with Crippen LogP contribution in [0.4, 0.5) is 5.13 Å². The van der Waals surface area contributed by atoms with Crippen molar-refractivity contribution in [1.29, 1.82) is 0 Å². The minimum atomic E-state index is -0.0153. The van der Waals surface area contributed by atoms with Gasteiger partial charge >= 0.3 is 0 Å². The average Bonchev–Trinajstić information content (AvgIpc) is 3.28. The van der Waals surface area contributed by atoms with Crippen molar-refractivity contribution < 1.29 is 9.53 Å². The van der Waals surface area contributed by atoms with E-state index in [-0.39, 0.29) is 18.1 Å². The highest BCUT2D eigenvalue weighted by atomic mass is 32.1. The van der Waals surface area contributed by atoms with Crippen LogP contribution >= 0.6 is 11.3 Å². The lowest BCUT2D eigenvalue weighted by Crippen LogP contribution is -2.60. The molecule has 6 heteroatoms. The second-order valence-corrected chi connectivity index (χ2v) is 9.88. The summed E-state index contributed by atoms with van der Waals surface area (Å²) in [6.45, 7) is 4.73. The van der Waals surface area contributed by atoms with E-state index in [0.29, 0.717) is 13.1 Å². The van der Waals surface area contributed by atoms with Crippen molar-refractivity contribution in [3.8, 4) is 11.1 Å². The maximum atomic E-state index is 13.7. The van der Waals surface area contributed by atoms with E-state index in [9.17, 15) is 4.79 Å². The predicted molar refractivity (Wildman–Crippen MR) is 133 cm³/mol. The first kappa shape index (κ1) is 20.4. The molecule has 0 N–H and O–H groups in total. The number of thiazole rings is 1. The summed E-state index contributed by atoms with van der Waals surface area (Å²) in [5.41, 5.74) is 4.95. The van der Waals surface area contributed by atoms with Gasteiger partial charge < -0.3 is 14.5 Å². The molecule has 2 saturated heterocycles. The number of morpholine rings is 2. The molecule has 0 radical (unpaired) electrons. The van der Waals surface area contributed by atoms with Crippen molar-refractivity contribution in [2.75, 3.05) is 31.1 Å². The van der Waals surface area contributed by atoms with Crippen LogP contribution in [-0.4, -0.2) is 54.2 Å². The Morgan fingerprint density at radius 2 is 1.67 bits per heavy atom. The fraction of sp³-hybridized carbons (Fsp3) is 0.259. The average molecular weight is 456 g/mol. The van der Waals surface area contributed by atoms with Gasteiger partial charge in [-0.15, -0.1) is 0 Å². The van der Waals surface area contributed by atoms with Gasteiger partial charge in [-0.3, -0.25) is 4.79 Å². The van der Waals surface area contributed by atoms with Crippen molar-refractivity contribution in [1.82, 2.24) is 9.88 Å². The first-order valence-corrected chi connectivity index (χ1v) is 12.2. The molecule has 1 aromatic heterocycles. The lowest BCUT2D eigenvalue weighted by Gasteiger charge is -2.45. The van der Waals surface area contributed by atoms with Gasteiger partial charge in [-0.25, -0.2) is 4.98 Å². The van der Waals surface area contributed by atoms with E-state index < -0.39 is 0 Å². The zero-order chi connectivity index (χ0) is 22.4. The smallest absolute Gasteiger partial charge is 0.254 e. The maximum Gasteiger partial charge on any atom is 0.254 e. The Morgan fingerprint density at radius 3 is 2.42 bits per heavy atom. The van der Waals surface area contributed by atoms with Crippen LogP contribution in [0.15, 0.2) is 72.8 Å². The molecular formula is C27H25N3O2S. The van der Waals surface area contributed by atoms with Crippen molar-refractivity contribution in [3.63, 3.8) is 0 Å². The molecule has 0 aliphatic carbocycles. The Morgan fingerprint density at radius 1 is 0.939 bits per heavy atom. The Labute approximate surface area is 197 Å². The van der Waals surface area contributed by atoms with E-state index in [4.69, 9.17) is 9.72 Å². The van der Waals surface area contributed by atoms with Crippen LogP contribution in [0.3, 0.4) is 0 Å². The highest BCUT2D eigenvalue weighted by Crippen LogP contribution is 2.33. The van der Waals surface area contributed by atoms with Crippen LogP contribution < -0.4 is 4.90 Å². The maximum absolute atomic E-state index is 13.7. The molecule has 2 fully saturated rings. The molecule has 2 atom stereocenters. The number of para-hydroxylation sites is 1. The molecular weight excluding hydrogens is 430 g/mol.